The molecule has 3 nitrogen and oxygen atoms in total. The molecule has 1 heterocycles. The van der Waals surface area contributed by atoms with E-state index in [0.29, 0.717) is 5.69 Å². The number of carbonyl (C=O) groups excluding carboxylic acids is 1. The molecular formula is C16H14ClFN2O. The first-order valence-electron chi connectivity index (χ1n) is 6.65. The number of rotatable bonds is 1. The Morgan fingerprint density at radius 3 is 2.90 bits per heavy atom. The van der Waals surface area contributed by atoms with Gasteiger partial charge in [0.1, 0.15) is 5.82 Å². The third kappa shape index (κ3) is 2.25. The highest BCUT2D eigenvalue weighted by atomic mass is 35.5. The second-order valence-corrected chi connectivity index (χ2v) is 5.60. The lowest BCUT2D eigenvalue weighted by molar-refractivity contribution is 0.0981. The number of benzene rings is 2. The molecular weight excluding hydrogens is 291 g/mol. The molecule has 1 aliphatic heterocycles. The van der Waals surface area contributed by atoms with Gasteiger partial charge in [-0.2, -0.15) is 0 Å². The van der Waals surface area contributed by atoms with Crippen LogP contribution in [0.4, 0.5) is 15.8 Å². The molecule has 0 aromatic heterocycles. The minimum atomic E-state index is -0.591. The maximum atomic E-state index is 13.6. The zero-order valence-electron chi connectivity index (χ0n) is 11.4. The highest BCUT2D eigenvalue weighted by Crippen LogP contribution is 2.35. The number of nitrogens with zero attached hydrogens (tertiary/aromatic N) is 1. The fourth-order valence-corrected chi connectivity index (χ4v) is 2.97. The Labute approximate surface area is 127 Å². The van der Waals surface area contributed by atoms with Crippen LogP contribution in [-0.2, 0) is 6.42 Å². The molecule has 1 atom stereocenters. The smallest absolute Gasteiger partial charge is 0.260 e. The van der Waals surface area contributed by atoms with Gasteiger partial charge in [0, 0.05) is 17.4 Å². The van der Waals surface area contributed by atoms with Gasteiger partial charge in [0.25, 0.3) is 5.91 Å². The predicted molar refractivity (Wildman–Crippen MR) is 82.2 cm³/mol. The fraction of sp³-hybridized carbons (Fsp3) is 0.188. The summed E-state index contributed by atoms with van der Waals surface area (Å²) < 4.78 is 13.6. The van der Waals surface area contributed by atoms with E-state index in [-0.39, 0.29) is 22.5 Å². The molecule has 2 aromatic rings. The van der Waals surface area contributed by atoms with E-state index in [2.05, 4.69) is 0 Å². The molecule has 1 aliphatic rings. The van der Waals surface area contributed by atoms with Crippen molar-refractivity contribution < 1.29 is 9.18 Å². The zero-order chi connectivity index (χ0) is 15.1. The van der Waals surface area contributed by atoms with Crippen molar-refractivity contribution in [2.24, 2.45) is 0 Å². The van der Waals surface area contributed by atoms with Gasteiger partial charge in [0.15, 0.2) is 0 Å². The van der Waals surface area contributed by atoms with Crippen LogP contribution in [-0.4, -0.2) is 11.9 Å². The van der Waals surface area contributed by atoms with Crippen LogP contribution in [0.1, 0.15) is 22.8 Å². The van der Waals surface area contributed by atoms with Crippen LogP contribution >= 0.6 is 11.6 Å². The van der Waals surface area contributed by atoms with Gasteiger partial charge >= 0.3 is 0 Å². The first-order valence-corrected chi connectivity index (χ1v) is 7.03. The van der Waals surface area contributed by atoms with Gasteiger partial charge in [-0.25, -0.2) is 4.39 Å². The van der Waals surface area contributed by atoms with Crippen molar-refractivity contribution in [2.75, 3.05) is 10.6 Å². The molecule has 1 amide bonds. The molecule has 0 saturated carbocycles. The van der Waals surface area contributed by atoms with Gasteiger partial charge < -0.3 is 10.6 Å². The quantitative estimate of drug-likeness (QED) is 0.817. The maximum absolute atomic E-state index is 13.6. The van der Waals surface area contributed by atoms with E-state index in [1.165, 1.54) is 18.2 Å². The Bertz CT molecular complexity index is 732. The lowest BCUT2D eigenvalue weighted by Crippen LogP contribution is -2.36. The normalized spacial score (nSPS) is 16.9. The lowest BCUT2D eigenvalue weighted by Gasteiger charge is -2.23. The van der Waals surface area contributed by atoms with E-state index < -0.39 is 5.82 Å². The zero-order valence-corrected chi connectivity index (χ0v) is 12.2. The molecule has 3 rings (SSSR count). The Balaban J connectivity index is 2.05. The van der Waals surface area contributed by atoms with Crippen LogP contribution in [0.25, 0.3) is 0 Å². The Kier molecular flexibility index (Phi) is 3.33. The molecule has 0 fully saturated rings. The lowest BCUT2D eigenvalue weighted by atomic mass is 10.1. The van der Waals surface area contributed by atoms with Crippen LogP contribution in [0.2, 0.25) is 5.02 Å². The summed E-state index contributed by atoms with van der Waals surface area (Å²) >= 11 is 5.92. The number of fused-ring (bicyclic) bond motifs is 1. The Morgan fingerprint density at radius 1 is 1.38 bits per heavy atom. The van der Waals surface area contributed by atoms with Gasteiger partial charge in [0.05, 0.1) is 10.6 Å². The highest BCUT2D eigenvalue weighted by Gasteiger charge is 2.32. The van der Waals surface area contributed by atoms with Crippen molar-refractivity contribution in [2.45, 2.75) is 19.4 Å². The van der Waals surface area contributed by atoms with Gasteiger partial charge in [-0.1, -0.05) is 17.7 Å². The first-order chi connectivity index (χ1) is 9.99. The molecule has 0 spiro atoms. The Hall–Kier alpha value is -2.07. The summed E-state index contributed by atoms with van der Waals surface area (Å²) in [7, 11) is 0. The number of anilines is 2. The first kappa shape index (κ1) is 13.9. The molecule has 21 heavy (non-hydrogen) atoms. The van der Waals surface area contributed by atoms with Crippen LogP contribution < -0.4 is 10.6 Å². The second kappa shape index (κ2) is 5.04. The van der Waals surface area contributed by atoms with Gasteiger partial charge in [-0.15, -0.1) is 0 Å². The largest absolute Gasteiger partial charge is 0.399 e. The topological polar surface area (TPSA) is 46.3 Å². The predicted octanol–water partition coefficient (Wildman–Crippen LogP) is 3.65. The van der Waals surface area contributed by atoms with Crippen molar-refractivity contribution in [1.29, 1.82) is 0 Å². The minimum absolute atomic E-state index is 0.0198. The van der Waals surface area contributed by atoms with E-state index in [1.807, 2.05) is 19.1 Å². The average molecular weight is 305 g/mol. The van der Waals surface area contributed by atoms with Crippen LogP contribution in [0.5, 0.6) is 0 Å². The number of hydrogen-bond acceptors (Lipinski definition) is 2. The second-order valence-electron chi connectivity index (χ2n) is 5.22. The van der Waals surface area contributed by atoms with E-state index >= 15 is 0 Å². The molecule has 5 heteroatoms. The number of amides is 1. The minimum Gasteiger partial charge on any atom is -0.399 e. The van der Waals surface area contributed by atoms with Gasteiger partial charge in [-0.3, -0.25) is 4.79 Å². The maximum Gasteiger partial charge on any atom is 0.260 e. The molecule has 2 aromatic carbocycles. The molecule has 0 aliphatic carbocycles. The summed E-state index contributed by atoms with van der Waals surface area (Å²) in [6.45, 7) is 1.95. The van der Waals surface area contributed by atoms with Crippen LogP contribution in [0.15, 0.2) is 36.4 Å². The summed E-state index contributed by atoms with van der Waals surface area (Å²) in [5.74, 6) is -0.887. The third-order valence-corrected chi connectivity index (χ3v) is 4.10. The van der Waals surface area contributed by atoms with Crippen LogP contribution in [0, 0.1) is 5.82 Å². The van der Waals surface area contributed by atoms with Crippen molar-refractivity contribution in [3.05, 3.63) is 58.4 Å². The number of halogens is 2. The van der Waals surface area contributed by atoms with Crippen molar-refractivity contribution in [1.82, 2.24) is 0 Å². The average Bonchev–Trinajstić information content (AvgIpc) is 2.76. The summed E-state index contributed by atoms with van der Waals surface area (Å²) in [6, 6.07) is 9.68. The standard InChI is InChI=1S/C16H14ClFN2O/c1-9-7-10-8-11(19)5-6-14(10)20(9)16(21)12-3-2-4-13(18)15(12)17/h2-6,8-9H,7,19H2,1H3. The number of hydrogen-bond donors (Lipinski definition) is 1. The summed E-state index contributed by atoms with van der Waals surface area (Å²) in [4.78, 5) is 14.4. The number of nitrogen functional groups attached to an aromatic ring is 1. The van der Waals surface area contributed by atoms with Crippen LogP contribution in [0.3, 0.4) is 0 Å². The highest BCUT2D eigenvalue weighted by molar-refractivity contribution is 6.34. The SMILES string of the molecule is CC1Cc2cc(N)ccc2N1C(=O)c1cccc(F)c1Cl. The van der Waals surface area contributed by atoms with E-state index in [9.17, 15) is 9.18 Å². The summed E-state index contributed by atoms with van der Waals surface area (Å²) in [6.07, 6.45) is 0.721. The molecule has 1 unspecified atom stereocenters. The van der Waals surface area contributed by atoms with Crippen molar-refractivity contribution in [3.63, 3.8) is 0 Å². The number of carbonyl (C=O) groups is 1. The van der Waals surface area contributed by atoms with E-state index in [1.54, 1.807) is 11.0 Å². The molecule has 0 radical (unpaired) electrons. The van der Waals surface area contributed by atoms with Crippen molar-refractivity contribution >= 4 is 28.9 Å². The molecule has 0 saturated heterocycles. The van der Waals surface area contributed by atoms with E-state index in [0.717, 1.165) is 17.7 Å². The molecule has 0 bridgehead atoms. The monoisotopic (exact) mass is 304 g/mol. The van der Waals surface area contributed by atoms with Gasteiger partial charge in [-0.05, 0) is 49.2 Å². The molecule has 2 N–H and O–H groups in total. The Morgan fingerprint density at radius 2 is 2.14 bits per heavy atom. The van der Waals surface area contributed by atoms with E-state index in [4.69, 9.17) is 17.3 Å². The number of nitrogens with two attached hydrogens (primary N) is 1. The van der Waals surface area contributed by atoms with Gasteiger partial charge in [0.2, 0.25) is 0 Å². The molecule has 108 valence electrons. The van der Waals surface area contributed by atoms with Crippen molar-refractivity contribution in [3.8, 4) is 0 Å². The third-order valence-electron chi connectivity index (χ3n) is 3.72. The summed E-state index contributed by atoms with van der Waals surface area (Å²) in [5, 5.41) is -0.140. The summed E-state index contributed by atoms with van der Waals surface area (Å²) in [5.41, 5.74) is 8.44. The fourth-order valence-electron chi connectivity index (χ4n) is 2.76.